The number of nitrogens with zero attached hydrogens (tertiary/aromatic N) is 1. The maximum absolute atomic E-state index is 12.4. The van der Waals surface area contributed by atoms with Gasteiger partial charge in [-0.2, -0.15) is 0 Å². The van der Waals surface area contributed by atoms with Crippen molar-refractivity contribution in [3.8, 4) is 0 Å². The first kappa shape index (κ1) is 11.8. The minimum Gasteiger partial charge on any atom is -0.319 e. The standard InChI is InChI=1S/C9H13F2N3O/c1-3-9(2,12)8-13-5(7(10)11)4-6(15)14-8/h4,7H,3,12H2,1-2H3,(H,13,14,15). The third kappa shape index (κ3) is 2.59. The number of aromatic nitrogens is 2. The van der Waals surface area contributed by atoms with Crippen molar-refractivity contribution >= 4 is 0 Å². The third-order valence-electron chi connectivity index (χ3n) is 2.26. The average molecular weight is 217 g/mol. The summed E-state index contributed by atoms with van der Waals surface area (Å²) in [6, 6.07) is 0.778. The van der Waals surface area contributed by atoms with Gasteiger partial charge in [-0.1, -0.05) is 6.92 Å². The highest BCUT2D eigenvalue weighted by Gasteiger charge is 2.23. The first-order chi connectivity index (χ1) is 6.86. The highest BCUT2D eigenvalue weighted by atomic mass is 19.3. The molecule has 0 aliphatic carbocycles. The van der Waals surface area contributed by atoms with E-state index in [4.69, 9.17) is 5.73 Å². The molecule has 0 amide bonds. The molecule has 4 nitrogen and oxygen atoms in total. The fourth-order valence-electron chi connectivity index (χ4n) is 1.03. The molecule has 0 spiro atoms. The lowest BCUT2D eigenvalue weighted by Crippen LogP contribution is -2.36. The van der Waals surface area contributed by atoms with Crippen LogP contribution in [0.2, 0.25) is 0 Å². The summed E-state index contributed by atoms with van der Waals surface area (Å²) in [7, 11) is 0. The summed E-state index contributed by atoms with van der Waals surface area (Å²) in [5.74, 6) is 0.0906. The summed E-state index contributed by atoms with van der Waals surface area (Å²) < 4.78 is 24.7. The quantitative estimate of drug-likeness (QED) is 0.801. The summed E-state index contributed by atoms with van der Waals surface area (Å²) in [6.07, 6.45) is -2.28. The zero-order chi connectivity index (χ0) is 11.6. The fraction of sp³-hybridized carbons (Fsp3) is 0.556. The van der Waals surface area contributed by atoms with E-state index in [1.807, 2.05) is 0 Å². The lowest BCUT2D eigenvalue weighted by atomic mass is 9.99. The van der Waals surface area contributed by atoms with Crippen LogP contribution in [0.4, 0.5) is 8.78 Å². The van der Waals surface area contributed by atoms with Crippen LogP contribution in [0.15, 0.2) is 10.9 Å². The van der Waals surface area contributed by atoms with E-state index in [1.54, 1.807) is 13.8 Å². The van der Waals surface area contributed by atoms with Crippen molar-refractivity contribution in [1.29, 1.82) is 0 Å². The van der Waals surface area contributed by atoms with Gasteiger partial charge >= 0.3 is 0 Å². The molecule has 1 aromatic heterocycles. The van der Waals surface area contributed by atoms with E-state index >= 15 is 0 Å². The van der Waals surface area contributed by atoms with E-state index in [9.17, 15) is 13.6 Å². The fourth-order valence-corrected chi connectivity index (χ4v) is 1.03. The summed E-state index contributed by atoms with van der Waals surface area (Å²) in [5.41, 5.74) is 3.75. The molecule has 0 saturated carbocycles. The molecule has 1 heterocycles. The summed E-state index contributed by atoms with van der Waals surface area (Å²) >= 11 is 0. The number of nitrogens with one attached hydrogen (secondary N) is 1. The first-order valence-electron chi connectivity index (χ1n) is 4.55. The molecule has 15 heavy (non-hydrogen) atoms. The van der Waals surface area contributed by atoms with Gasteiger partial charge in [-0.15, -0.1) is 0 Å². The predicted molar refractivity (Wildman–Crippen MR) is 51.6 cm³/mol. The molecule has 0 aromatic carbocycles. The lowest BCUT2D eigenvalue weighted by Gasteiger charge is -2.21. The Hall–Kier alpha value is -1.30. The van der Waals surface area contributed by atoms with E-state index in [0.29, 0.717) is 6.42 Å². The summed E-state index contributed by atoms with van der Waals surface area (Å²) in [5, 5.41) is 0. The van der Waals surface area contributed by atoms with Crippen LogP contribution in [-0.4, -0.2) is 9.97 Å². The van der Waals surface area contributed by atoms with E-state index in [0.717, 1.165) is 6.07 Å². The lowest BCUT2D eigenvalue weighted by molar-refractivity contribution is 0.145. The van der Waals surface area contributed by atoms with Gasteiger partial charge in [-0.05, 0) is 13.3 Å². The van der Waals surface area contributed by atoms with Crippen LogP contribution in [0.25, 0.3) is 0 Å². The monoisotopic (exact) mass is 217 g/mol. The highest BCUT2D eigenvalue weighted by molar-refractivity contribution is 5.09. The number of alkyl halides is 2. The van der Waals surface area contributed by atoms with Gasteiger partial charge in [0.2, 0.25) is 0 Å². The second kappa shape index (κ2) is 4.06. The van der Waals surface area contributed by atoms with Crippen molar-refractivity contribution in [3.05, 3.63) is 27.9 Å². The Bertz CT molecular complexity index is 401. The van der Waals surface area contributed by atoms with Crippen molar-refractivity contribution in [3.63, 3.8) is 0 Å². The van der Waals surface area contributed by atoms with Crippen LogP contribution in [0.3, 0.4) is 0 Å². The molecule has 1 aromatic rings. The van der Waals surface area contributed by atoms with Crippen molar-refractivity contribution in [2.75, 3.05) is 0 Å². The number of H-pyrrole nitrogens is 1. The molecule has 84 valence electrons. The predicted octanol–water partition coefficient (Wildman–Crippen LogP) is 1.29. The van der Waals surface area contributed by atoms with E-state index in [2.05, 4.69) is 9.97 Å². The van der Waals surface area contributed by atoms with E-state index in [1.165, 1.54) is 0 Å². The van der Waals surface area contributed by atoms with Crippen LogP contribution in [0.1, 0.15) is 38.2 Å². The van der Waals surface area contributed by atoms with Crippen LogP contribution in [0.5, 0.6) is 0 Å². The average Bonchev–Trinajstić information content (AvgIpc) is 2.16. The molecule has 0 aliphatic rings. The van der Waals surface area contributed by atoms with Crippen molar-refractivity contribution in [1.82, 2.24) is 9.97 Å². The van der Waals surface area contributed by atoms with E-state index in [-0.39, 0.29) is 5.82 Å². The molecule has 1 rings (SSSR count). The molecule has 1 atom stereocenters. The van der Waals surface area contributed by atoms with Gasteiger partial charge in [0, 0.05) is 6.07 Å². The van der Waals surface area contributed by atoms with Crippen molar-refractivity contribution in [2.45, 2.75) is 32.2 Å². The molecule has 1 unspecified atom stereocenters. The van der Waals surface area contributed by atoms with Crippen LogP contribution < -0.4 is 11.3 Å². The minimum atomic E-state index is -2.77. The van der Waals surface area contributed by atoms with Gasteiger partial charge in [0.25, 0.3) is 12.0 Å². The molecule has 0 radical (unpaired) electrons. The maximum Gasteiger partial charge on any atom is 0.280 e. The Morgan fingerprint density at radius 3 is 2.73 bits per heavy atom. The van der Waals surface area contributed by atoms with E-state index < -0.39 is 23.2 Å². The van der Waals surface area contributed by atoms with Crippen LogP contribution in [-0.2, 0) is 5.54 Å². The number of halogens is 2. The third-order valence-corrected chi connectivity index (χ3v) is 2.26. The smallest absolute Gasteiger partial charge is 0.280 e. The number of hydrogen-bond acceptors (Lipinski definition) is 3. The van der Waals surface area contributed by atoms with Crippen LogP contribution in [0, 0.1) is 0 Å². The van der Waals surface area contributed by atoms with Gasteiger partial charge < -0.3 is 10.7 Å². The molecular weight excluding hydrogens is 204 g/mol. The summed E-state index contributed by atoms with van der Waals surface area (Å²) in [4.78, 5) is 17.1. The largest absolute Gasteiger partial charge is 0.319 e. The Morgan fingerprint density at radius 2 is 2.27 bits per heavy atom. The van der Waals surface area contributed by atoms with Crippen molar-refractivity contribution < 1.29 is 8.78 Å². The second-order valence-corrected chi connectivity index (χ2v) is 3.59. The Balaban J connectivity index is 3.27. The Morgan fingerprint density at radius 1 is 1.67 bits per heavy atom. The zero-order valence-electron chi connectivity index (χ0n) is 8.55. The number of aromatic amines is 1. The molecule has 0 aliphatic heterocycles. The van der Waals surface area contributed by atoms with Gasteiger partial charge in [0.15, 0.2) is 0 Å². The molecule has 6 heteroatoms. The van der Waals surface area contributed by atoms with Gasteiger partial charge in [0.05, 0.1) is 5.54 Å². The van der Waals surface area contributed by atoms with Gasteiger partial charge in [0.1, 0.15) is 11.5 Å². The van der Waals surface area contributed by atoms with Crippen LogP contribution >= 0.6 is 0 Å². The Kier molecular flexibility index (Phi) is 3.18. The molecule has 0 bridgehead atoms. The minimum absolute atomic E-state index is 0.0906. The normalized spacial score (nSPS) is 15.3. The number of rotatable bonds is 3. The topological polar surface area (TPSA) is 71.8 Å². The van der Waals surface area contributed by atoms with Crippen molar-refractivity contribution in [2.24, 2.45) is 5.73 Å². The highest BCUT2D eigenvalue weighted by Crippen LogP contribution is 2.19. The summed E-state index contributed by atoms with van der Waals surface area (Å²) in [6.45, 7) is 3.41. The maximum atomic E-state index is 12.4. The number of hydrogen-bond donors (Lipinski definition) is 2. The zero-order valence-corrected chi connectivity index (χ0v) is 8.55. The molecule has 3 N–H and O–H groups in total. The number of nitrogens with two attached hydrogens (primary N) is 1. The van der Waals surface area contributed by atoms with Gasteiger partial charge in [-0.25, -0.2) is 13.8 Å². The molecular formula is C9H13F2N3O. The first-order valence-corrected chi connectivity index (χ1v) is 4.55. The molecule has 0 saturated heterocycles. The van der Waals surface area contributed by atoms with Gasteiger partial charge in [-0.3, -0.25) is 4.79 Å². The second-order valence-electron chi connectivity index (χ2n) is 3.59. The molecule has 0 fully saturated rings. The Labute approximate surface area is 85.5 Å². The SMILES string of the molecule is CCC(C)(N)c1nc(C(F)F)cc(=O)[nH]1.